The fourth-order valence-electron chi connectivity index (χ4n) is 2.62. The molecule has 0 saturated heterocycles. The van der Waals surface area contributed by atoms with Crippen molar-refractivity contribution < 1.29 is 28.9 Å². The van der Waals surface area contributed by atoms with Gasteiger partial charge in [-0.1, -0.05) is 18.2 Å². The maximum absolute atomic E-state index is 12.4. The maximum Gasteiger partial charge on any atom is 0.341 e. The second-order valence-corrected chi connectivity index (χ2v) is 6.10. The molecule has 2 aromatic rings. The zero-order valence-corrected chi connectivity index (χ0v) is 16.3. The van der Waals surface area contributed by atoms with Gasteiger partial charge in [-0.2, -0.15) is 0 Å². The molecule has 7 nitrogen and oxygen atoms in total. The molecule has 0 saturated carbocycles. The summed E-state index contributed by atoms with van der Waals surface area (Å²) < 4.78 is 16.4. The predicted octanol–water partition coefficient (Wildman–Crippen LogP) is 2.97. The summed E-state index contributed by atoms with van der Waals surface area (Å²) in [6, 6.07) is 10.5. The Balaban J connectivity index is 1.94. The SMILES string of the molecule is CCOc1cc(C(=O)NCCOc2c(C)cccc2C)ccc1OCC(=O)O. The van der Waals surface area contributed by atoms with Gasteiger partial charge in [0.25, 0.3) is 5.91 Å². The molecule has 7 heteroatoms. The number of hydrogen-bond acceptors (Lipinski definition) is 5. The maximum atomic E-state index is 12.4. The van der Waals surface area contributed by atoms with E-state index < -0.39 is 12.6 Å². The third-order valence-corrected chi connectivity index (χ3v) is 3.90. The topological polar surface area (TPSA) is 94.1 Å². The number of carboxylic acids is 1. The average molecular weight is 387 g/mol. The first-order valence-corrected chi connectivity index (χ1v) is 9.01. The summed E-state index contributed by atoms with van der Waals surface area (Å²) in [5.41, 5.74) is 2.48. The molecule has 2 rings (SSSR count). The number of benzene rings is 2. The van der Waals surface area contributed by atoms with Crippen LogP contribution in [0, 0.1) is 13.8 Å². The minimum atomic E-state index is -1.09. The number of carbonyl (C=O) groups is 2. The summed E-state index contributed by atoms with van der Waals surface area (Å²) in [5.74, 6) is 0.0571. The van der Waals surface area contributed by atoms with E-state index in [1.807, 2.05) is 32.0 Å². The number of ether oxygens (including phenoxy) is 3. The van der Waals surface area contributed by atoms with Gasteiger partial charge in [-0.05, 0) is 50.1 Å². The second-order valence-electron chi connectivity index (χ2n) is 6.10. The third kappa shape index (κ3) is 5.90. The highest BCUT2D eigenvalue weighted by Gasteiger charge is 2.13. The van der Waals surface area contributed by atoms with Gasteiger partial charge in [0, 0.05) is 5.56 Å². The van der Waals surface area contributed by atoms with Crippen LogP contribution in [0.3, 0.4) is 0 Å². The molecule has 0 atom stereocenters. The molecule has 0 unspecified atom stereocenters. The minimum Gasteiger partial charge on any atom is -0.491 e. The molecular formula is C21H25NO6. The van der Waals surface area contributed by atoms with Gasteiger partial charge in [0.2, 0.25) is 0 Å². The summed E-state index contributed by atoms with van der Waals surface area (Å²) in [7, 11) is 0. The highest BCUT2D eigenvalue weighted by atomic mass is 16.5. The number of carboxylic acid groups (broad SMARTS) is 1. The first kappa shape index (κ1) is 21.1. The minimum absolute atomic E-state index is 0.277. The lowest BCUT2D eigenvalue weighted by atomic mass is 10.1. The molecular weight excluding hydrogens is 362 g/mol. The number of aryl methyl sites for hydroxylation is 2. The summed E-state index contributed by atoms with van der Waals surface area (Å²) in [6.07, 6.45) is 0. The third-order valence-electron chi connectivity index (χ3n) is 3.90. The number of carbonyl (C=O) groups excluding carboxylic acids is 1. The summed E-state index contributed by atoms with van der Waals surface area (Å²) in [5, 5.41) is 11.5. The van der Waals surface area contributed by atoms with E-state index in [9.17, 15) is 9.59 Å². The van der Waals surface area contributed by atoms with Gasteiger partial charge in [0.15, 0.2) is 18.1 Å². The van der Waals surface area contributed by atoms with Crippen LogP contribution in [-0.2, 0) is 4.79 Å². The fraction of sp³-hybridized carbons (Fsp3) is 0.333. The Kier molecular flexibility index (Phi) is 7.68. The first-order chi connectivity index (χ1) is 13.4. The molecule has 0 aliphatic carbocycles. The van der Waals surface area contributed by atoms with Crippen molar-refractivity contribution >= 4 is 11.9 Å². The van der Waals surface area contributed by atoms with Gasteiger partial charge in [-0.15, -0.1) is 0 Å². The average Bonchev–Trinajstić information content (AvgIpc) is 2.66. The highest BCUT2D eigenvalue weighted by Crippen LogP contribution is 2.28. The number of rotatable bonds is 10. The smallest absolute Gasteiger partial charge is 0.341 e. The van der Waals surface area contributed by atoms with Gasteiger partial charge in [0.05, 0.1) is 13.2 Å². The Morgan fingerprint density at radius 1 is 1.00 bits per heavy atom. The molecule has 0 bridgehead atoms. The Morgan fingerprint density at radius 3 is 2.36 bits per heavy atom. The predicted molar refractivity (Wildman–Crippen MR) is 104 cm³/mol. The molecule has 0 spiro atoms. The van der Waals surface area contributed by atoms with Crippen molar-refractivity contribution in [2.24, 2.45) is 0 Å². The van der Waals surface area contributed by atoms with Crippen molar-refractivity contribution in [1.29, 1.82) is 0 Å². The molecule has 28 heavy (non-hydrogen) atoms. The van der Waals surface area contributed by atoms with Crippen molar-refractivity contribution in [3.8, 4) is 17.2 Å². The summed E-state index contributed by atoms with van der Waals surface area (Å²) in [4.78, 5) is 23.0. The Hall–Kier alpha value is -3.22. The van der Waals surface area contributed by atoms with Crippen molar-refractivity contribution in [2.75, 3.05) is 26.4 Å². The van der Waals surface area contributed by atoms with Crippen LogP contribution in [0.4, 0.5) is 0 Å². The largest absolute Gasteiger partial charge is 0.491 e. The van der Waals surface area contributed by atoms with E-state index >= 15 is 0 Å². The van der Waals surface area contributed by atoms with Crippen molar-refractivity contribution in [3.05, 3.63) is 53.1 Å². The van der Waals surface area contributed by atoms with Crippen LogP contribution in [0.25, 0.3) is 0 Å². The van der Waals surface area contributed by atoms with Crippen molar-refractivity contribution in [2.45, 2.75) is 20.8 Å². The molecule has 0 fully saturated rings. The van der Waals surface area contributed by atoms with Crippen LogP contribution < -0.4 is 19.5 Å². The van der Waals surface area contributed by atoms with Crippen LogP contribution in [0.1, 0.15) is 28.4 Å². The van der Waals surface area contributed by atoms with Gasteiger partial charge in [0.1, 0.15) is 12.4 Å². The number of aliphatic carboxylic acids is 1. The molecule has 0 aromatic heterocycles. The lowest BCUT2D eigenvalue weighted by Gasteiger charge is -2.14. The van der Waals surface area contributed by atoms with Gasteiger partial charge in [-0.25, -0.2) is 4.79 Å². The molecule has 2 N–H and O–H groups in total. The van der Waals surface area contributed by atoms with E-state index in [0.717, 1.165) is 16.9 Å². The standard InChI is InChI=1S/C21H25NO6/c1-4-26-18-12-16(8-9-17(18)28-13-19(23)24)21(25)22-10-11-27-20-14(2)6-5-7-15(20)3/h5-9,12H,4,10-11,13H2,1-3H3,(H,22,25)(H,23,24). The quantitative estimate of drug-likeness (QED) is 0.609. The van der Waals surface area contributed by atoms with Crippen LogP contribution in [0.15, 0.2) is 36.4 Å². The zero-order valence-electron chi connectivity index (χ0n) is 16.3. The molecule has 2 aromatic carbocycles. The van der Waals surface area contributed by atoms with Crippen molar-refractivity contribution in [3.63, 3.8) is 0 Å². The number of para-hydroxylation sites is 1. The van der Waals surface area contributed by atoms with Crippen LogP contribution in [-0.4, -0.2) is 43.3 Å². The van der Waals surface area contributed by atoms with Crippen LogP contribution in [0.5, 0.6) is 17.2 Å². The van der Waals surface area contributed by atoms with E-state index in [1.165, 1.54) is 12.1 Å². The van der Waals surface area contributed by atoms with Crippen LogP contribution in [0.2, 0.25) is 0 Å². The monoisotopic (exact) mass is 387 g/mol. The lowest BCUT2D eigenvalue weighted by Crippen LogP contribution is -2.28. The molecule has 0 heterocycles. The highest BCUT2D eigenvalue weighted by molar-refractivity contribution is 5.94. The summed E-state index contributed by atoms with van der Waals surface area (Å²) >= 11 is 0. The van der Waals surface area contributed by atoms with Gasteiger partial charge >= 0.3 is 5.97 Å². The molecule has 0 aliphatic heterocycles. The summed E-state index contributed by atoms with van der Waals surface area (Å²) in [6.45, 7) is 6.30. The van der Waals surface area contributed by atoms with E-state index in [-0.39, 0.29) is 11.7 Å². The van der Waals surface area contributed by atoms with E-state index in [1.54, 1.807) is 13.0 Å². The Morgan fingerprint density at radius 2 is 1.71 bits per heavy atom. The normalized spacial score (nSPS) is 10.2. The molecule has 0 radical (unpaired) electrons. The number of amides is 1. The van der Waals surface area contributed by atoms with Gasteiger partial charge < -0.3 is 24.6 Å². The number of hydrogen-bond donors (Lipinski definition) is 2. The van der Waals surface area contributed by atoms with Gasteiger partial charge in [-0.3, -0.25) is 4.79 Å². The van der Waals surface area contributed by atoms with Crippen LogP contribution >= 0.6 is 0 Å². The molecule has 150 valence electrons. The molecule has 1 amide bonds. The lowest BCUT2D eigenvalue weighted by molar-refractivity contribution is -0.139. The Labute approximate surface area is 164 Å². The van der Waals surface area contributed by atoms with Crippen molar-refractivity contribution in [1.82, 2.24) is 5.32 Å². The number of nitrogens with one attached hydrogen (secondary N) is 1. The van der Waals surface area contributed by atoms with E-state index in [2.05, 4.69) is 5.32 Å². The zero-order chi connectivity index (χ0) is 20.5. The second kappa shape index (κ2) is 10.2. The fourth-order valence-corrected chi connectivity index (χ4v) is 2.62. The Bertz CT molecular complexity index is 813. The van der Waals surface area contributed by atoms with E-state index in [0.29, 0.717) is 31.1 Å². The molecule has 0 aliphatic rings. The first-order valence-electron chi connectivity index (χ1n) is 9.01. The van der Waals surface area contributed by atoms with E-state index in [4.69, 9.17) is 19.3 Å².